The SMILES string of the molecule is CC[C@H](C)[C@@H](C)NCc1nc(CC(C)C)no1. The van der Waals surface area contributed by atoms with E-state index < -0.39 is 0 Å². The van der Waals surface area contributed by atoms with Crippen molar-refractivity contribution in [3.63, 3.8) is 0 Å². The molecule has 0 unspecified atom stereocenters. The Balaban J connectivity index is 2.39. The quantitative estimate of drug-likeness (QED) is 0.795. The predicted molar refractivity (Wildman–Crippen MR) is 68.6 cm³/mol. The summed E-state index contributed by atoms with van der Waals surface area (Å²) in [6, 6.07) is 0.473. The van der Waals surface area contributed by atoms with E-state index in [0.29, 0.717) is 30.3 Å². The second kappa shape index (κ2) is 6.74. The van der Waals surface area contributed by atoms with Gasteiger partial charge in [0.05, 0.1) is 6.54 Å². The van der Waals surface area contributed by atoms with E-state index in [1.807, 2.05) is 0 Å². The third kappa shape index (κ3) is 4.86. The summed E-state index contributed by atoms with van der Waals surface area (Å²) in [6.45, 7) is 11.6. The van der Waals surface area contributed by atoms with Crippen LogP contribution in [-0.4, -0.2) is 16.2 Å². The molecule has 98 valence electrons. The van der Waals surface area contributed by atoms with E-state index in [9.17, 15) is 0 Å². The van der Waals surface area contributed by atoms with Crippen molar-refractivity contribution in [3.8, 4) is 0 Å². The summed E-state index contributed by atoms with van der Waals surface area (Å²) in [6.07, 6.45) is 2.06. The molecule has 0 aliphatic rings. The van der Waals surface area contributed by atoms with E-state index in [1.165, 1.54) is 6.42 Å². The molecular formula is C13H25N3O. The standard InChI is InChI=1S/C13H25N3O/c1-6-10(4)11(5)14-8-13-15-12(16-17-13)7-9(2)3/h9-11,14H,6-8H2,1-5H3/t10-,11+/m0/s1. The van der Waals surface area contributed by atoms with Gasteiger partial charge in [-0.05, 0) is 18.8 Å². The molecule has 1 aromatic rings. The Morgan fingerprint density at radius 3 is 2.53 bits per heavy atom. The van der Waals surface area contributed by atoms with E-state index in [1.54, 1.807) is 0 Å². The molecule has 0 aromatic carbocycles. The Labute approximate surface area is 104 Å². The summed E-state index contributed by atoms with van der Waals surface area (Å²) in [5.41, 5.74) is 0. The van der Waals surface area contributed by atoms with Crippen LogP contribution in [0, 0.1) is 11.8 Å². The minimum Gasteiger partial charge on any atom is -0.338 e. The van der Waals surface area contributed by atoms with Gasteiger partial charge in [-0.1, -0.05) is 39.3 Å². The zero-order valence-corrected chi connectivity index (χ0v) is 11.7. The molecule has 4 heteroatoms. The molecule has 4 nitrogen and oxygen atoms in total. The van der Waals surface area contributed by atoms with E-state index in [0.717, 1.165) is 12.2 Å². The number of nitrogens with zero attached hydrogens (tertiary/aromatic N) is 2. The molecule has 1 aromatic heterocycles. The van der Waals surface area contributed by atoms with Crippen molar-refractivity contribution in [2.75, 3.05) is 0 Å². The monoisotopic (exact) mass is 239 g/mol. The average molecular weight is 239 g/mol. The predicted octanol–water partition coefficient (Wildman–Crippen LogP) is 2.79. The summed E-state index contributed by atoms with van der Waals surface area (Å²) >= 11 is 0. The lowest BCUT2D eigenvalue weighted by molar-refractivity contribution is 0.330. The molecule has 2 atom stereocenters. The molecule has 1 N–H and O–H groups in total. The highest BCUT2D eigenvalue weighted by molar-refractivity contribution is 4.87. The minimum absolute atomic E-state index is 0.473. The van der Waals surface area contributed by atoms with Crippen LogP contribution in [0.1, 0.15) is 52.8 Å². The largest absolute Gasteiger partial charge is 0.338 e. The Morgan fingerprint density at radius 1 is 1.24 bits per heavy atom. The van der Waals surface area contributed by atoms with Crippen LogP contribution in [0.25, 0.3) is 0 Å². The lowest BCUT2D eigenvalue weighted by Crippen LogP contribution is -2.31. The Morgan fingerprint density at radius 2 is 1.94 bits per heavy atom. The van der Waals surface area contributed by atoms with Crippen LogP contribution >= 0.6 is 0 Å². The molecule has 0 spiro atoms. The van der Waals surface area contributed by atoms with Gasteiger partial charge >= 0.3 is 0 Å². The van der Waals surface area contributed by atoms with Gasteiger partial charge < -0.3 is 9.84 Å². The molecule has 17 heavy (non-hydrogen) atoms. The maximum absolute atomic E-state index is 5.21. The summed E-state index contributed by atoms with van der Waals surface area (Å²) in [5, 5.41) is 7.39. The third-order valence-electron chi connectivity index (χ3n) is 3.17. The summed E-state index contributed by atoms with van der Waals surface area (Å²) < 4.78 is 5.21. The first-order chi connectivity index (χ1) is 8.02. The van der Waals surface area contributed by atoms with E-state index in [4.69, 9.17) is 4.52 Å². The lowest BCUT2D eigenvalue weighted by Gasteiger charge is -2.18. The van der Waals surface area contributed by atoms with Crippen LogP contribution in [0.3, 0.4) is 0 Å². The van der Waals surface area contributed by atoms with E-state index in [-0.39, 0.29) is 0 Å². The average Bonchev–Trinajstić information content (AvgIpc) is 2.71. The van der Waals surface area contributed by atoms with Crippen molar-refractivity contribution in [1.29, 1.82) is 0 Å². The van der Waals surface area contributed by atoms with Gasteiger partial charge in [-0.3, -0.25) is 0 Å². The Kier molecular flexibility index (Phi) is 5.62. The van der Waals surface area contributed by atoms with Gasteiger partial charge in [0, 0.05) is 12.5 Å². The van der Waals surface area contributed by atoms with Crippen molar-refractivity contribution in [3.05, 3.63) is 11.7 Å². The normalized spacial score (nSPS) is 15.2. The number of aromatic nitrogens is 2. The van der Waals surface area contributed by atoms with E-state index in [2.05, 4.69) is 50.1 Å². The van der Waals surface area contributed by atoms with Crippen molar-refractivity contribution in [2.24, 2.45) is 11.8 Å². The van der Waals surface area contributed by atoms with Crippen molar-refractivity contribution in [1.82, 2.24) is 15.5 Å². The number of hydrogen-bond donors (Lipinski definition) is 1. The van der Waals surface area contributed by atoms with Gasteiger partial charge in [0.25, 0.3) is 0 Å². The van der Waals surface area contributed by atoms with Crippen molar-refractivity contribution >= 4 is 0 Å². The number of hydrogen-bond acceptors (Lipinski definition) is 4. The zero-order valence-electron chi connectivity index (χ0n) is 11.7. The highest BCUT2D eigenvalue weighted by Crippen LogP contribution is 2.08. The summed E-state index contributed by atoms with van der Waals surface area (Å²) in [5.74, 6) is 2.73. The number of rotatable bonds is 7. The number of nitrogens with one attached hydrogen (secondary N) is 1. The first-order valence-corrected chi connectivity index (χ1v) is 6.57. The summed E-state index contributed by atoms with van der Waals surface area (Å²) in [4.78, 5) is 4.37. The molecule has 1 rings (SSSR count). The van der Waals surface area contributed by atoms with Crippen LogP contribution in [0.5, 0.6) is 0 Å². The van der Waals surface area contributed by atoms with Crippen LogP contribution in [0.15, 0.2) is 4.52 Å². The molecule has 1 heterocycles. The molecule has 0 saturated carbocycles. The Bertz CT molecular complexity index is 322. The first-order valence-electron chi connectivity index (χ1n) is 6.57. The van der Waals surface area contributed by atoms with Crippen molar-refractivity contribution in [2.45, 2.75) is 60.0 Å². The Hall–Kier alpha value is -0.900. The molecule has 0 bridgehead atoms. The van der Waals surface area contributed by atoms with Crippen LogP contribution in [-0.2, 0) is 13.0 Å². The maximum Gasteiger partial charge on any atom is 0.240 e. The fourth-order valence-electron chi connectivity index (χ4n) is 1.61. The smallest absolute Gasteiger partial charge is 0.240 e. The van der Waals surface area contributed by atoms with Crippen molar-refractivity contribution < 1.29 is 4.52 Å². The molecule has 0 aliphatic heterocycles. The van der Waals surface area contributed by atoms with Gasteiger partial charge in [0.15, 0.2) is 5.82 Å². The van der Waals surface area contributed by atoms with Crippen LogP contribution in [0.2, 0.25) is 0 Å². The maximum atomic E-state index is 5.21. The molecule has 0 radical (unpaired) electrons. The second-order valence-electron chi connectivity index (χ2n) is 5.26. The first kappa shape index (κ1) is 14.2. The lowest BCUT2D eigenvalue weighted by atomic mass is 10.0. The topological polar surface area (TPSA) is 51.0 Å². The third-order valence-corrected chi connectivity index (χ3v) is 3.17. The van der Waals surface area contributed by atoms with Gasteiger partial charge in [-0.2, -0.15) is 4.98 Å². The van der Waals surface area contributed by atoms with Gasteiger partial charge in [-0.15, -0.1) is 0 Å². The molecule has 0 aliphatic carbocycles. The van der Waals surface area contributed by atoms with Crippen LogP contribution < -0.4 is 5.32 Å². The fraction of sp³-hybridized carbons (Fsp3) is 0.846. The van der Waals surface area contributed by atoms with Gasteiger partial charge in [0.2, 0.25) is 5.89 Å². The van der Waals surface area contributed by atoms with Crippen LogP contribution in [0.4, 0.5) is 0 Å². The highest BCUT2D eigenvalue weighted by atomic mass is 16.5. The second-order valence-corrected chi connectivity index (χ2v) is 5.26. The van der Waals surface area contributed by atoms with E-state index >= 15 is 0 Å². The van der Waals surface area contributed by atoms with Gasteiger partial charge in [-0.25, -0.2) is 0 Å². The molecular weight excluding hydrogens is 214 g/mol. The molecule has 0 fully saturated rings. The minimum atomic E-state index is 0.473. The van der Waals surface area contributed by atoms with Gasteiger partial charge in [0.1, 0.15) is 0 Å². The molecule has 0 amide bonds. The summed E-state index contributed by atoms with van der Waals surface area (Å²) in [7, 11) is 0. The fourth-order valence-corrected chi connectivity index (χ4v) is 1.61. The zero-order chi connectivity index (χ0) is 12.8. The highest BCUT2D eigenvalue weighted by Gasteiger charge is 2.12. The molecule has 0 saturated heterocycles.